The van der Waals surface area contributed by atoms with Gasteiger partial charge in [-0.1, -0.05) is 5.16 Å². The van der Waals surface area contributed by atoms with Crippen molar-refractivity contribution < 1.29 is 14.0 Å². The second-order valence-corrected chi connectivity index (χ2v) is 6.21. The van der Waals surface area contributed by atoms with Gasteiger partial charge in [0.25, 0.3) is 5.56 Å². The number of fused-ring (bicyclic) bond motifs is 1. The van der Waals surface area contributed by atoms with Crippen molar-refractivity contribution >= 4 is 11.0 Å². The molecule has 28 heavy (non-hydrogen) atoms. The Morgan fingerprint density at radius 2 is 1.89 bits per heavy atom. The smallest absolute Gasteiger partial charge is 0.280 e. The molecule has 0 bridgehead atoms. The van der Waals surface area contributed by atoms with Crippen molar-refractivity contribution in [2.45, 2.75) is 13.5 Å². The number of hydrogen-bond donors (Lipinski definition) is 0. The van der Waals surface area contributed by atoms with Gasteiger partial charge in [-0.25, -0.2) is 4.68 Å². The van der Waals surface area contributed by atoms with Gasteiger partial charge in [-0.2, -0.15) is 5.10 Å². The maximum atomic E-state index is 13.0. The number of aromatic nitrogens is 4. The van der Waals surface area contributed by atoms with E-state index in [1.54, 1.807) is 51.7 Å². The molecular formula is C20H18N4O4. The van der Waals surface area contributed by atoms with Crippen LogP contribution in [0.4, 0.5) is 0 Å². The summed E-state index contributed by atoms with van der Waals surface area (Å²) in [6, 6.07) is 9.04. The Morgan fingerprint density at radius 1 is 1.11 bits per heavy atom. The Hall–Kier alpha value is -3.68. The highest BCUT2D eigenvalue weighted by atomic mass is 16.5. The molecule has 0 spiro atoms. The number of ether oxygens (including phenoxy) is 2. The lowest BCUT2D eigenvalue weighted by atomic mass is 10.1. The summed E-state index contributed by atoms with van der Waals surface area (Å²) < 4.78 is 17.7. The van der Waals surface area contributed by atoms with Crippen LogP contribution in [-0.4, -0.2) is 34.1 Å². The summed E-state index contributed by atoms with van der Waals surface area (Å²) in [7, 11) is 3.15. The summed E-state index contributed by atoms with van der Waals surface area (Å²) in [5.74, 6) is 1.21. The average Bonchev–Trinajstić information content (AvgIpc) is 3.12. The second kappa shape index (κ2) is 7.15. The Labute approximate surface area is 160 Å². The lowest BCUT2D eigenvalue weighted by Gasteiger charge is -2.12. The monoisotopic (exact) mass is 378 g/mol. The molecule has 0 aliphatic rings. The predicted molar refractivity (Wildman–Crippen MR) is 103 cm³/mol. The first kappa shape index (κ1) is 17.7. The van der Waals surface area contributed by atoms with Gasteiger partial charge in [-0.15, -0.1) is 0 Å². The highest BCUT2D eigenvalue weighted by Gasteiger charge is 2.22. The topological polar surface area (TPSA) is 92.3 Å². The van der Waals surface area contributed by atoms with Gasteiger partial charge in [0.15, 0.2) is 0 Å². The van der Waals surface area contributed by atoms with Crippen molar-refractivity contribution in [1.82, 2.24) is 19.9 Å². The second-order valence-electron chi connectivity index (χ2n) is 6.21. The molecule has 1 aromatic carbocycles. The molecule has 0 radical (unpaired) electrons. The third-order valence-electron chi connectivity index (χ3n) is 4.49. The molecule has 0 unspecified atom stereocenters. The summed E-state index contributed by atoms with van der Waals surface area (Å²) in [6.07, 6.45) is 3.35. The van der Waals surface area contributed by atoms with E-state index in [9.17, 15) is 4.79 Å². The molecule has 142 valence electrons. The first-order valence-electron chi connectivity index (χ1n) is 8.60. The van der Waals surface area contributed by atoms with Crippen molar-refractivity contribution in [3.63, 3.8) is 0 Å². The van der Waals surface area contributed by atoms with Crippen LogP contribution in [0.25, 0.3) is 22.2 Å². The highest BCUT2D eigenvalue weighted by molar-refractivity contribution is 5.92. The molecule has 0 saturated carbocycles. The summed E-state index contributed by atoms with van der Waals surface area (Å²) in [4.78, 5) is 17.0. The largest absolute Gasteiger partial charge is 0.497 e. The Bertz CT molecular complexity index is 1200. The van der Waals surface area contributed by atoms with Gasteiger partial charge >= 0.3 is 0 Å². The third kappa shape index (κ3) is 2.98. The normalized spacial score (nSPS) is 11.0. The Morgan fingerprint density at radius 3 is 2.61 bits per heavy atom. The van der Waals surface area contributed by atoms with E-state index in [4.69, 9.17) is 14.0 Å². The molecule has 3 aromatic heterocycles. The van der Waals surface area contributed by atoms with Gasteiger partial charge in [-0.05, 0) is 42.8 Å². The Kier molecular flexibility index (Phi) is 4.52. The maximum Gasteiger partial charge on any atom is 0.280 e. The minimum atomic E-state index is -0.267. The summed E-state index contributed by atoms with van der Waals surface area (Å²) in [5.41, 5.74) is 2.57. The molecule has 0 aliphatic carbocycles. The number of pyridine rings is 1. The minimum absolute atomic E-state index is 0.267. The highest BCUT2D eigenvalue weighted by Crippen LogP contribution is 2.35. The zero-order chi connectivity index (χ0) is 19.7. The minimum Gasteiger partial charge on any atom is -0.497 e. The molecule has 8 heteroatoms. The van der Waals surface area contributed by atoms with E-state index in [2.05, 4.69) is 15.2 Å². The van der Waals surface area contributed by atoms with Gasteiger partial charge in [0, 0.05) is 12.4 Å². The quantitative estimate of drug-likeness (QED) is 0.527. The SMILES string of the molecule is COc1ccc(OC)c(-c2nn(Cc3ccncc3)c(=O)c3c(C)noc23)c1. The third-order valence-corrected chi connectivity index (χ3v) is 4.49. The fourth-order valence-electron chi connectivity index (χ4n) is 3.07. The van der Waals surface area contributed by atoms with Crippen LogP contribution in [0, 0.1) is 6.92 Å². The van der Waals surface area contributed by atoms with Gasteiger partial charge in [0.2, 0.25) is 5.58 Å². The summed E-state index contributed by atoms with van der Waals surface area (Å²) in [5, 5.41) is 8.95. The van der Waals surface area contributed by atoms with Gasteiger partial charge in [-0.3, -0.25) is 9.78 Å². The van der Waals surface area contributed by atoms with Crippen molar-refractivity contribution in [3.8, 4) is 22.8 Å². The van der Waals surface area contributed by atoms with E-state index in [1.807, 2.05) is 12.1 Å². The van der Waals surface area contributed by atoms with Crippen molar-refractivity contribution in [2.24, 2.45) is 0 Å². The van der Waals surface area contributed by atoms with E-state index in [1.165, 1.54) is 4.68 Å². The molecular weight excluding hydrogens is 360 g/mol. The molecule has 0 atom stereocenters. The van der Waals surface area contributed by atoms with Gasteiger partial charge in [0.05, 0.1) is 32.0 Å². The first-order chi connectivity index (χ1) is 13.6. The van der Waals surface area contributed by atoms with Crippen LogP contribution in [0.15, 0.2) is 52.0 Å². The van der Waals surface area contributed by atoms with Crippen LogP contribution < -0.4 is 15.0 Å². The van der Waals surface area contributed by atoms with E-state index in [0.29, 0.717) is 46.0 Å². The standard InChI is InChI=1S/C20H18N4O4/c1-12-17-19(28-23-12)18(15-10-14(26-2)4-5-16(15)27-3)22-24(20(17)25)11-13-6-8-21-9-7-13/h4-10H,11H2,1-3H3. The van der Waals surface area contributed by atoms with Gasteiger partial charge < -0.3 is 14.0 Å². The summed E-state index contributed by atoms with van der Waals surface area (Å²) >= 11 is 0. The molecule has 0 N–H and O–H groups in total. The van der Waals surface area contributed by atoms with Gasteiger partial charge in [0.1, 0.15) is 22.6 Å². The molecule has 3 heterocycles. The lowest BCUT2D eigenvalue weighted by molar-refractivity contribution is 0.404. The number of aryl methyl sites for hydroxylation is 1. The predicted octanol–water partition coefficient (Wildman–Crippen LogP) is 2.82. The van der Waals surface area contributed by atoms with Crippen LogP contribution in [0.3, 0.4) is 0 Å². The average molecular weight is 378 g/mol. The van der Waals surface area contributed by atoms with E-state index in [-0.39, 0.29) is 5.56 Å². The van der Waals surface area contributed by atoms with Crippen molar-refractivity contribution in [2.75, 3.05) is 14.2 Å². The molecule has 0 saturated heterocycles. The lowest BCUT2D eigenvalue weighted by Crippen LogP contribution is -2.24. The maximum absolute atomic E-state index is 13.0. The molecule has 0 amide bonds. The summed E-state index contributed by atoms with van der Waals surface area (Å²) in [6.45, 7) is 2.03. The van der Waals surface area contributed by atoms with E-state index in [0.717, 1.165) is 5.56 Å². The number of nitrogens with zero attached hydrogens (tertiary/aromatic N) is 4. The Balaban J connectivity index is 1.99. The van der Waals surface area contributed by atoms with Crippen LogP contribution in [0.5, 0.6) is 11.5 Å². The molecule has 4 aromatic rings. The zero-order valence-corrected chi connectivity index (χ0v) is 15.7. The van der Waals surface area contributed by atoms with Crippen LogP contribution in [0.1, 0.15) is 11.3 Å². The molecule has 8 nitrogen and oxygen atoms in total. The number of rotatable bonds is 5. The van der Waals surface area contributed by atoms with Crippen LogP contribution in [-0.2, 0) is 6.54 Å². The number of benzene rings is 1. The van der Waals surface area contributed by atoms with Crippen LogP contribution >= 0.6 is 0 Å². The zero-order valence-electron chi connectivity index (χ0n) is 15.7. The molecule has 0 fully saturated rings. The van der Waals surface area contributed by atoms with E-state index >= 15 is 0 Å². The van der Waals surface area contributed by atoms with E-state index < -0.39 is 0 Å². The fourth-order valence-corrected chi connectivity index (χ4v) is 3.07. The van der Waals surface area contributed by atoms with Crippen molar-refractivity contribution in [3.05, 3.63) is 64.3 Å². The molecule has 0 aliphatic heterocycles. The fraction of sp³-hybridized carbons (Fsp3) is 0.200. The first-order valence-corrected chi connectivity index (χ1v) is 8.60. The van der Waals surface area contributed by atoms with Crippen LogP contribution in [0.2, 0.25) is 0 Å². The number of hydrogen-bond acceptors (Lipinski definition) is 7. The number of methoxy groups -OCH3 is 2. The van der Waals surface area contributed by atoms with Crippen molar-refractivity contribution in [1.29, 1.82) is 0 Å². The molecule has 4 rings (SSSR count).